The molecular weight excluding hydrogens is 424 g/mol. The van der Waals surface area contributed by atoms with Gasteiger partial charge in [-0.15, -0.1) is 0 Å². The van der Waals surface area contributed by atoms with Gasteiger partial charge in [-0.3, -0.25) is 9.59 Å². The summed E-state index contributed by atoms with van der Waals surface area (Å²) in [5.74, 6) is 0.274. The highest BCUT2D eigenvalue weighted by Gasteiger charge is 2.38. The fourth-order valence-corrected chi connectivity index (χ4v) is 5.70. The zero-order valence-corrected chi connectivity index (χ0v) is 18.4. The first-order chi connectivity index (χ1) is 14.7. The van der Waals surface area contributed by atoms with E-state index in [0.717, 1.165) is 0 Å². The Bertz CT molecular complexity index is 1100. The van der Waals surface area contributed by atoms with E-state index in [1.165, 1.54) is 16.1 Å². The molecule has 4 rings (SSSR count). The normalized spacial score (nSPS) is 19.6. The molecule has 0 radical (unpaired) electrons. The van der Waals surface area contributed by atoms with Crippen molar-refractivity contribution in [3.05, 3.63) is 35.7 Å². The second kappa shape index (κ2) is 7.97. The Morgan fingerprint density at radius 3 is 2.39 bits per heavy atom. The Hall–Kier alpha value is -2.92. The number of hydrogen-bond acceptors (Lipinski definition) is 7. The first-order valence-corrected chi connectivity index (χ1v) is 11.4. The number of sulfonamides is 1. The summed E-state index contributed by atoms with van der Waals surface area (Å²) in [5.41, 5.74) is 0.948. The van der Waals surface area contributed by atoms with Crippen molar-refractivity contribution < 1.29 is 27.3 Å². The lowest BCUT2D eigenvalue weighted by Gasteiger charge is -2.38. The predicted octanol–water partition coefficient (Wildman–Crippen LogP) is 0.938. The summed E-state index contributed by atoms with van der Waals surface area (Å²) in [6, 6.07) is 7.08. The summed E-state index contributed by atoms with van der Waals surface area (Å²) in [4.78, 5) is 28.4. The van der Waals surface area contributed by atoms with Crippen LogP contribution in [0.25, 0.3) is 0 Å². The quantitative estimate of drug-likeness (QED) is 0.687. The number of nitrogens with zero attached hydrogens (tertiary/aromatic N) is 4. The van der Waals surface area contributed by atoms with E-state index in [1.807, 2.05) is 0 Å². The van der Waals surface area contributed by atoms with E-state index in [1.54, 1.807) is 43.0 Å². The molecule has 1 fully saturated rings. The number of benzene rings is 1. The molecule has 10 nitrogen and oxygen atoms in total. The third kappa shape index (κ3) is 3.79. The molecule has 2 amide bonds. The van der Waals surface area contributed by atoms with E-state index in [-0.39, 0.29) is 55.2 Å². The average molecular weight is 449 g/mol. The number of ether oxygens (including phenoxy) is 1. The number of aryl methyl sites for hydroxylation is 2. The van der Waals surface area contributed by atoms with Gasteiger partial charge < -0.3 is 19.1 Å². The molecule has 31 heavy (non-hydrogen) atoms. The minimum absolute atomic E-state index is 0.0802. The Kier molecular flexibility index (Phi) is 5.48. The number of anilines is 1. The van der Waals surface area contributed by atoms with Gasteiger partial charge in [0, 0.05) is 33.1 Å². The van der Waals surface area contributed by atoms with Crippen molar-refractivity contribution in [2.24, 2.45) is 0 Å². The van der Waals surface area contributed by atoms with Gasteiger partial charge in [0.15, 0.2) is 11.9 Å². The van der Waals surface area contributed by atoms with Crippen molar-refractivity contribution in [2.75, 3.05) is 37.6 Å². The fourth-order valence-electron chi connectivity index (χ4n) is 3.99. The van der Waals surface area contributed by atoms with Gasteiger partial charge in [-0.2, -0.15) is 4.31 Å². The van der Waals surface area contributed by atoms with Gasteiger partial charge in [0.1, 0.15) is 16.3 Å². The Morgan fingerprint density at radius 2 is 1.77 bits per heavy atom. The maximum Gasteiger partial charge on any atom is 0.265 e. The Balaban J connectivity index is 1.46. The van der Waals surface area contributed by atoms with Crippen molar-refractivity contribution in [1.82, 2.24) is 14.4 Å². The molecule has 0 saturated carbocycles. The SMILES string of the molecule is CC(=O)N1C[C@@H](C(=O)N2CCN(S(=O)(=O)c3c(C)noc3C)CC2)Oc2ccccc21. The molecule has 2 aromatic rings. The van der Waals surface area contributed by atoms with Crippen LogP contribution >= 0.6 is 0 Å². The summed E-state index contributed by atoms with van der Waals surface area (Å²) in [7, 11) is -3.76. The van der Waals surface area contributed by atoms with Gasteiger partial charge in [-0.25, -0.2) is 8.42 Å². The second-order valence-corrected chi connectivity index (χ2v) is 9.46. The van der Waals surface area contributed by atoms with Crippen LogP contribution in [0, 0.1) is 13.8 Å². The van der Waals surface area contributed by atoms with E-state index in [2.05, 4.69) is 5.16 Å². The maximum absolute atomic E-state index is 13.1. The summed E-state index contributed by atoms with van der Waals surface area (Å²) in [6.07, 6.45) is -0.843. The monoisotopic (exact) mass is 448 g/mol. The molecule has 0 N–H and O–H groups in total. The zero-order chi connectivity index (χ0) is 22.3. The molecule has 1 aromatic carbocycles. The van der Waals surface area contributed by atoms with Crippen molar-refractivity contribution >= 4 is 27.5 Å². The molecule has 1 atom stereocenters. The highest BCUT2D eigenvalue weighted by Crippen LogP contribution is 2.33. The topological polar surface area (TPSA) is 113 Å². The summed E-state index contributed by atoms with van der Waals surface area (Å²) in [5, 5.41) is 3.73. The number of para-hydroxylation sites is 2. The smallest absolute Gasteiger partial charge is 0.265 e. The van der Waals surface area contributed by atoms with E-state index in [9.17, 15) is 18.0 Å². The van der Waals surface area contributed by atoms with Gasteiger partial charge in [0.25, 0.3) is 5.91 Å². The van der Waals surface area contributed by atoms with Gasteiger partial charge in [-0.05, 0) is 26.0 Å². The number of amides is 2. The van der Waals surface area contributed by atoms with Crippen LogP contribution in [0.2, 0.25) is 0 Å². The Labute approximate surface area is 180 Å². The molecule has 3 heterocycles. The first kappa shape index (κ1) is 21.3. The van der Waals surface area contributed by atoms with Crippen molar-refractivity contribution in [3.63, 3.8) is 0 Å². The number of hydrogen-bond donors (Lipinski definition) is 0. The van der Waals surface area contributed by atoms with Crippen LogP contribution in [0.15, 0.2) is 33.7 Å². The average Bonchev–Trinajstić information content (AvgIpc) is 3.11. The molecule has 2 aliphatic rings. The van der Waals surface area contributed by atoms with Gasteiger partial charge in [0.2, 0.25) is 15.9 Å². The summed E-state index contributed by atoms with van der Waals surface area (Å²) < 4.78 is 38.2. The largest absolute Gasteiger partial charge is 0.476 e. The van der Waals surface area contributed by atoms with E-state index in [0.29, 0.717) is 17.1 Å². The number of aromatic nitrogens is 1. The van der Waals surface area contributed by atoms with Crippen LogP contribution in [0.4, 0.5) is 5.69 Å². The third-order valence-corrected chi connectivity index (χ3v) is 7.69. The third-order valence-electron chi connectivity index (χ3n) is 5.55. The lowest BCUT2D eigenvalue weighted by molar-refractivity contribution is -0.140. The number of carbonyl (C=O) groups is 2. The molecule has 0 aliphatic carbocycles. The summed E-state index contributed by atoms with van der Waals surface area (Å²) >= 11 is 0. The molecule has 1 aromatic heterocycles. The number of carbonyl (C=O) groups excluding carboxylic acids is 2. The molecule has 2 aliphatic heterocycles. The lowest BCUT2D eigenvalue weighted by atomic mass is 10.1. The van der Waals surface area contributed by atoms with E-state index < -0.39 is 16.1 Å². The van der Waals surface area contributed by atoms with Crippen LogP contribution in [0.5, 0.6) is 5.75 Å². The number of piperazine rings is 1. The van der Waals surface area contributed by atoms with E-state index in [4.69, 9.17) is 9.26 Å². The number of rotatable bonds is 3. The molecule has 0 unspecified atom stereocenters. The van der Waals surface area contributed by atoms with E-state index >= 15 is 0 Å². The highest BCUT2D eigenvalue weighted by molar-refractivity contribution is 7.89. The molecule has 0 spiro atoms. The molecule has 11 heteroatoms. The minimum Gasteiger partial charge on any atom is -0.476 e. The molecule has 166 valence electrons. The van der Waals surface area contributed by atoms with Crippen molar-refractivity contribution in [3.8, 4) is 5.75 Å². The van der Waals surface area contributed by atoms with Crippen LogP contribution in [-0.2, 0) is 19.6 Å². The van der Waals surface area contributed by atoms with Crippen LogP contribution in [-0.4, -0.2) is 73.4 Å². The highest BCUT2D eigenvalue weighted by atomic mass is 32.2. The Morgan fingerprint density at radius 1 is 1.10 bits per heavy atom. The van der Waals surface area contributed by atoms with Gasteiger partial charge >= 0.3 is 0 Å². The van der Waals surface area contributed by atoms with Crippen LogP contribution in [0.3, 0.4) is 0 Å². The second-order valence-electron chi connectivity index (χ2n) is 7.59. The maximum atomic E-state index is 13.1. The zero-order valence-electron chi connectivity index (χ0n) is 17.6. The van der Waals surface area contributed by atoms with Crippen molar-refractivity contribution in [1.29, 1.82) is 0 Å². The molecule has 0 bridgehead atoms. The molecule has 1 saturated heterocycles. The van der Waals surface area contributed by atoms with Crippen LogP contribution in [0.1, 0.15) is 18.4 Å². The van der Waals surface area contributed by atoms with Crippen LogP contribution < -0.4 is 9.64 Å². The molecular formula is C20H24N4O6S. The van der Waals surface area contributed by atoms with Crippen molar-refractivity contribution in [2.45, 2.75) is 31.8 Å². The van der Waals surface area contributed by atoms with Gasteiger partial charge in [0.05, 0.1) is 12.2 Å². The fraction of sp³-hybridized carbons (Fsp3) is 0.450. The predicted molar refractivity (Wildman–Crippen MR) is 110 cm³/mol. The standard InChI is InChI=1S/C20H24N4O6S/c1-13-19(14(2)30-21-13)31(27,28)23-10-8-22(9-11-23)20(26)18-12-24(15(3)25)16-6-4-5-7-17(16)29-18/h4-7,18H,8-12H2,1-3H3/t18-/m0/s1. The van der Waals surface area contributed by atoms with Gasteiger partial charge in [-0.1, -0.05) is 17.3 Å². The first-order valence-electron chi connectivity index (χ1n) is 9.95. The number of fused-ring (bicyclic) bond motifs is 1. The lowest BCUT2D eigenvalue weighted by Crippen LogP contribution is -2.56. The minimum atomic E-state index is -3.76. The summed E-state index contributed by atoms with van der Waals surface area (Å²) in [6.45, 7) is 5.46.